The minimum Gasteiger partial charge on any atom is -0.508 e. The molecule has 0 aromatic heterocycles. The Labute approximate surface area is 162 Å². The van der Waals surface area contributed by atoms with E-state index in [1.165, 1.54) is 11.1 Å². The molecule has 0 spiro atoms. The number of aromatic hydroxyl groups is 1. The van der Waals surface area contributed by atoms with E-state index < -0.39 is 0 Å². The minimum atomic E-state index is 0.120. The maximum Gasteiger partial charge on any atom is 0.266 e. The van der Waals surface area contributed by atoms with Crippen molar-refractivity contribution >= 4 is 17.5 Å². The monoisotopic (exact) mass is 374 g/mol. The van der Waals surface area contributed by atoms with Crippen LogP contribution in [-0.2, 0) is 17.9 Å². The molecule has 0 unspecified atom stereocenters. The summed E-state index contributed by atoms with van der Waals surface area (Å²) in [5.74, 6) is 0.316. The van der Waals surface area contributed by atoms with Gasteiger partial charge in [0.05, 0.1) is 0 Å². The van der Waals surface area contributed by atoms with Gasteiger partial charge in [0.2, 0.25) is 0 Å². The van der Waals surface area contributed by atoms with E-state index in [0.717, 1.165) is 6.42 Å². The normalized spacial score (nSPS) is 11.5. The van der Waals surface area contributed by atoms with Crippen LogP contribution in [-0.4, -0.2) is 60.3 Å². The molecule has 0 aliphatic heterocycles. The van der Waals surface area contributed by atoms with Gasteiger partial charge < -0.3 is 5.11 Å². The predicted octanol–water partition coefficient (Wildman–Crippen LogP) is 3.68. The quantitative estimate of drug-likeness (QED) is 0.781. The van der Waals surface area contributed by atoms with Gasteiger partial charge in [0.1, 0.15) is 5.75 Å². The molecule has 0 aliphatic carbocycles. The van der Waals surface area contributed by atoms with Gasteiger partial charge >= 0.3 is 0 Å². The summed E-state index contributed by atoms with van der Waals surface area (Å²) >= 11 is 0.120. The summed E-state index contributed by atoms with van der Waals surface area (Å²) in [6, 6.07) is 17.5. The van der Waals surface area contributed by atoms with Gasteiger partial charge in [-0.25, -0.2) is 0 Å². The first-order chi connectivity index (χ1) is 12.3. The first-order valence-corrected chi connectivity index (χ1v) is 9.67. The summed E-state index contributed by atoms with van der Waals surface area (Å²) < 4.78 is 6.58. The lowest BCUT2D eigenvalue weighted by Crippen LogP contribution is -2.44. The average Bonchev–Trinajstić information content (AvgIpc) is 2.57. The van der Waals surface area contributed by atoms with Crippen molar-refractivity contribution in [2.24, 2.45) is 0 Å². The van der Waals surface area contributed by atoms with Gasteiger partial charge in [0, 0.05) is 42.3 Å². The van der Waals surface area contributed by atoms with Gasteiger partial charge in [-0.3, -0.25) is 0 Å². The van der Waals surface area contributed by atoms with Crippen LogP contribution < -0.4 is 0 Å². The first-order valence-electron chi connectivity index (χ1n) is 8.57. The lowest BCUT2D eigenvalue weighted by molar-refractivity contribution is 0.475. The van der Waals surface area contributed by atoms with Gasteiger partial charge in [0.15, 0.2) is 0 Å². The van der Waals surface area contributed by atoms with Crippen LogP contribution in [0.5, 0.6) is 5.75 Å². The summed E-state index contributed by atoms with van der Waals surface area (Å²) in [5.41, 5.74) is 2.41. The van der Waals surface area contributed by atoms with Gasteiger partial charge in [0.25, 0.3) is 11.5 Å². The number of phenols is 1. The number of hydrogen-bond donors (Lipinski definition) is 1. The van der Waals surface area contributed by atoms with Crippen molar-refractivity contribution in [1.82, 2.24) is 12.9 Å². The molecular formula is C21H32N3OS+. The molecule has 0 amide bonds. The number of nitrogens with zero attached hydrogens (tertiary/aromatic N) is 3. The Kier molecular flexibility index (Phi) is 10.1. The van der Waals surface area contributed by atoms with Crippen LogP contribution in [0.4, 0.5) is 0 Å². The minimum absolute atomic E-state index is 0.120. The van der Waals surface area contributed by atoms with Crippen molar-refractivity contribution in [3.05, 3.63) is 71.8 Å². The summed E-state index contributed by atoms with van der Waals surface area (Å²) in [6.07, 6.45) is 5.11. The fourth-order valence-electron chi connectivity index (χ4n) is 2.51. The first kappa shape index (κ1) is 22.3. The molecule has 0 saturated heterocycles. The highest BCUT2D eigenvalue weighted by Crippen LogP contribution is 2.11. The third kappa shape index (κ3) is 8.54. The zero-order valence-corrected chi connectivity index (χ0v) is 17.6. The van der Waals surface area contributed by atoms with Crippen molar-refractivity contribution in [2.45, 2.75) is 6.42 Å². The number of hydrogen-bond acceptors (Lipinski definition) is 4. The molecule has 0 atom stereocenters. The molecule has 0 heterocycles. The fraction of sp³-hybridized carbons (Fsp3) is 0.333. The highest BCUT2D eigenvalue weighted by atomic mass is 32.2. The molecular weight excluding hydrogens is 342 g/mol. The molecule has 2 rings (SSSR count). The molecule has 2 aromatic carbocycles. The van der Waals surface area contributed by atoms with Gasteiger partial charge in [-0.05, 0) is 29.7 Å². The number of rotatable bonds is 6. The molecule has 26 heavy (non-hydrogen) atoms. The summed E-state index contributed by atoms with van der Waals surface area (Å²) in [6.45, 7) is 0. The fourth-order valence-corrected chi connectivity index (χ4v) is 4.47. The van der Waals surface area contributed by atoms with E-state index in [9.17, 15) is 0 Å². The van der Waals surface area contributed by atoms with Crippen molar-refractivity contribution in [3.63, 3.8) is 0 Å². The Bertz CT molecular complexity index is 621. The van der Waals surface area contributed by atoms with E-state index in [-0.39, 0.29) is 11.5 Å². The number of allylic oxidation sites excluding steroid dienone is 1. The van der Waals surface area contributed by atoms with Crippen LogP contribution in [0, 0.1) is 0 Å². The Hall–Kier alpha value is -1.79. The Morgan fingerprint density at radius 2 is 1.27 bits per heavy atom. The van der Waals surface area contributed by atoms with E-state index in [1.54, 1.807) is 12.1 Å². The van der Waals surface area contributed by atoms with Gasteiger partial charge in [-0.1, -0.05) is 67.5 Å². The number of benzene rings is 2. The second kappa shape index (κ2) is 11.8. The van der Waals surface area contributed by atoms with E-state index in [4.69, 9.17) is 5.11 Å². The van der Waals surface area contributed by atoms with Crippen LogP contribution in [0.2, 0.25) is 0 Å². The van der Waals surface area contributed by atoms with E-state index in [0.29, 0.717) is 5.75 Å². The maximum atomic E-state index is 9.14. The lowest BCUT2D eigenvalue weighted by atomic mass is 10.1. The van der Waals surface area contributed by atoms with Gasteiger partial charge in [-0.15, -0.1) is 0 Å². The molecule has 1 N–H and O–H groups in total. The van der Waals surface area contributed by atoms with Crippen molar-refractivity contribution in [1.29, 1.82) is 0 Å². The predicted molar refractivity (Wildman–Crippen MR) is 116 cm³/mol. The molecule has 0 bridgehead atoms. The molecule has 142 valence electrons. The van der Waals surface area contributed by atoms with Gasteiger partial charge in [-0.2, -0.15) is 0 Å². The van der Waals surface area contributed by atoms with E-state index >= 15 is 0 Å². The van der Waals surface area contributed by atoms with Crippen LogP contribution >= 0.6 is 0 Å². The zero-order chi connectivity index (χ0) is 19.5. The van der Waals surface area contributed by atoms with Crippen molar-refractivity contribution in [2.75, 3.05) is 42.3 Å². The largest absolute Gasteiger partial charge is 0.508 e. The third-order valence-electron chi connectivity index (χ3n) is 3.38. The smallest absolute Gasteiger partial charge is 0.266 e. The Balaban J connectivity index is 0.000000294. The molecule has 2 aromatic rings. The van der Waals surface area contributed by atoms with Crippen LogP contribution in [0.25, 0.3) is 6.08 Å². The maximum absolute atomic E-state index is 9.14. The SMILES string of the molecule is CN(C)[S+](N(C)C)N(C)C.Oc1ccc(CC=Cc2ccccc2)cc1. The van der Waals surface area contributed by atoms with Crippen LogP contribution in [0.15, 0.2) is 60.7 Å². The summed E-state index contributed by atoms with van der Waals surface area (Å²) in [7, 11) is 12.5. The highest BCUT2D eigenvalue weighted by Gasteiger charge is 2.29. The average molecular weight is 375 g/mol. The zero-order valence-electron chi connectivity index (χ0n) is 16.8. The molecule has 0 aliphatic rings. The second-order valence-corrected chi connectivity index (χ2v) is 9.05. The molecule has 4 nitrogen and oxygen atoms in total. The van der Waals surface area contributed by atoms with Crippen LogP contribution in [0.1, 0.15) is 11.1 Å². The molecule has 0 radical (unpaired) electrons. The molecule has 0 saturated carbocycles. The van der Waals surface area contributed by atoms with Crippen molar-refractivity contribution < 1.29 is 5.11 Å². The highest BCUT2D eigenvalue weighted by molar-refractivity contribution is 7.90. The van der Waals surface area contributed by atoms with E-state index in [1.807, 2.05) is 30.3 Å². The summed E-state index contributed by atoms with van der Waals surface area (Å²) in [4.78, 5) is 0. The summed E-state index contributed by atoms with van der Waals surface area (Å²) in [5, 5.41) is 9.14. The molecule has 5 heteroatoms. The lowest BCUT2D eigenvalue weighted by Gasteiger charge is -2.20. The standard InChI is InChI=1S/C15H14O.C6H18N3S/c16-15-11-9-14(10-12-15)8-4-7-13-5-2-1-3-6-13;1-7(2)10(8(3)4)9(5)6/h1-7,9-12,16H,8H2;1-6H3/q;+1. The van der Waals surface area contributed by atoms with E-state index in [2.05, 4.69) is 79.5 Å². The second-order valence-electron chi connectivity index (χ2n) is 6.37. The number of phenolic OH excluding ortho intramolecular Hbond substituents is 1. The Morgan fingerprint density at radius 3 is 1.69 bits per heavy atom. The van der Waals surface area contributed by atoms with Crippen LogP contribution in [0.3, 0.4) is 0 Å². The third-order valence-corrected chi connectivity index (χ3v) is 5.34. The topological polar surface area (TPSA) is 30.0 Å². The molecule has 0 fully saturated rings. The van der Waals surface area contributed by atoms with Crippen molar-refractivity contribution in [3.8, 4) is 5.75 Å². The Morgan fingerprint density at radius 1 is 0.769 bits per heavy atom.